The minimum atomic E-state index is 0.609. The lowest BCUT2D eigenvalue weighted by atomic mass is 10.0. The third kappa shape index (κ3) is 3.82. The molecule has 18 heavy (non-hydrogen) atoms. The van der Waals surface area contributed by atoms with Crippen LogP contribution in [0.25, 0.3) is 0 Å². The molecule has 2 heteroatoms. The number of likely N-dealkylation sites (tertiary alicyclic amines) is 1. The molecule has 0 amide bonds. The van der Waals surface area contributed by atoms with Gasteiger partial charge in [0.15, 0.2) is 0 Å². The molecule has 2 nitrogen and oxygen atoms in total. The highest BCUT2D eigenvalue weighted by Crippen LogP contribution is 2.16. The zero-order chi connectivity index (χ0) is 13.0. The van der Waals surface area contributed by atoms with E-state index in [0.717, 1.165) is 12.6 Å². The van der Waals surface area contributed by atoms with Gasteiger partial charge in [0.1, 0.15) is 0 Å². The van der Waals surface area contributed by atoms with E-state index in [1.807, 2.05) is 0 Å². The molecule has 0 saturated carbocycles. The van der Waals surface area contributed by atoms with Crippen LogP contribution in [0.5, 0.6) is 0 Å². The number of piperidine rings is 1. The zero-order valence-corrected chi connectivity index (χ0v) is 11.9. The van der Waals surface area contributed by atoms with Crippen LogP contribution >= 0.6 is 0 Å². The molecule has 1 aliphatic heterocycles. The molecule has 0 spiro atoms. The molecule has 2 rings (SSSR count). The van der Waals surface area contributed by atoms with Gasteiger partial charge in [0, 0.05) is 18.6 Å². The second-order valence-corrected chi connectivity index (χ2v) is 5.80. The normalized spacial score (nSPS) is 18.4. The molecule has 0 aromatic heterocycles. The zero-order valence-electron chi connectivity index (χ0n) is 11.9. The Morgan fingerprint density at radius 3 is 2.50 bits per heavy atom. The fourth-order valence-corrected chi connectivity index (χ4v) is 2.76. The third-order valence-corrected chi connectivity index (χ3v) is 3.81. The molecule has 0 radical (unpaired) electrons. The lowest BCUT2D eigenvalue weighted by Gasteiger charge is -2.33. The molecule has 0 aliphatic carbocycles. The summed E-state index contributed by atoms with van der Waals surface area (Å²) >= 11 is 0. The van der Waals surface area contributed by atoms with Crippen LogP contribution in [0, 0.1) is 6.92 Å². The second-order valence-electron chi connectivity index (χ2n) is 5.80. The molecule has 1 aliphatic rings. The van der Waals surface area contributed by atoms with Crippen LogP contribution in [0.4, 0.5) is 0 Å². The predicted octanol–water partition coefficient (Wildman–Crippen LogP) is 2.96. The summed E-state index contributed by atoms with van der Waals surface area (Å²) in [5.41, 5.74) is 2.90. The van der Waals surface area contributed by atoms with Crippen molar-refractivity contribution in [3.8, 4) is 0 Å². The van der Waals surface area contributed by atoms with Crippen LogP contribution < -0.4 is 5.32 Å². The first kappa shape index (κ1) is 13.6. The van der Waals surface area contributed by atoms with E-state index >= 15 is 0 Å². The van der Waals surface area contributed by atoms with Crippen molar-refractivity contribution in [2.24, 2.45) is 0 Å². The molecule has 0 bridgehead atoms. The van der Waals surface area contributed by atoms with Gasteiger partial charge in [0.2, 0.25) is 0 Å². The maximum absolute atomic E-state index is 3.65. The summed E-state index contributed by atoms with van der Waals surface area (Å²) in [6.07, 6.45) is 2.56. The molecule has 100 valence electrons. The van der Waals surface area contributed by atoms with Crippen LogP contribution in [0.3, 0.4) is 0 Å². The van der Waals surface area contributed by atoms with E-state index in [0.29, 0.717) is 6.04 Å². The average molecular weight is 246 g/mol. The molecule has 1 heterocycles. The van der Waals surface area contributed by atoms with Gasteiger partial charge in [0.25, 0.3) is 0 Å². The van der Waals surface area contributed by atoms with Gasteiger partial charge < -0.3 is 5.32 Å². The number of benzene rings is 1. The van der Waals surface area contributed by atoms with Crippen LogP contribution in [-0.4, -0.2) is 30.1 Å². The average Bonchev–Trinajstić information content (AvgIpc) is 2.34. The fourth-order valence-electron chi connectivity index (χ4n) is 2.76. The Balaban J connectivity index is 1.82. The molecular formula is C16H26N2. The Hall–Kier alpha value is -0.860. The second kappa shape index (κ2) is 6.35. The summed E-state index contributed by atoms with van der Waals surface area (Å²) in [6.45, 7) is 10.2. The largest absolute Gasteiger partial charge is 0.312 e. The Kier molecular flexibility index (Phi) is 4.79. The van der Waals surface area contributed by atoms with Crippen molar-refractivity contribution in [2.45, 2.75) is 52.2 Å². The molecule has 1 saturated heterocycles. The predicted molar refractivity (Wildman–Crippen MR) is 77.7 cm³/mol. The van der Waals surface area contributed by atoms with Crippen molar-refractivity contribution in [1.82, 2.24) is 10.2 Å². The molecule has 1 aromatic rings. The Morgan fingerprint density at radius 2 is 1.89 bits per heavy atom. The smallest absolute Gasteiger partial charge is 0.0236 e. The monoisotopic (exact) mass is 246 g/mol. The summed E-state index contributed by atoms with van der Waals surface area (Å²) in [7, 11) is 0. The summed E-state index contributed by atoms with van der Waals surface area (Å²) < 4.78 is 0. The molecule has 0 unspecified atom stereocenters. The lowest BCUT2D eigenvalue weighted by molar-refractivity contribution is 0.186. The van der Waals surface area contributed by atoms with Crippen molar-refractivity contribution in [1.29, 1.82) is 0 Å². The summed E-state index contributed by atoms with van der Waals surface area (Å²) in [4.78, 5) is 2.58. The molecule has 1 aromatic carbocycles. The van der Waals surface area contributed by atoms with Gasteiger partial charge in [-0.1, -0.05) is 38.1 Å². The topological polar surface area (TPSA) is 15.3 Å². The summed E-state index contributed by atoms with van der Waals surface area (Å²) in [5, 5.41) is 3.65. The van der Waals surface area contributed by atoms with Gasteiger partial charge in [0.05, 0.1) is 0 Å². The van der Waals surface area contributed by atoms with Crippen LogP contribution in [0.2, 0.25) is 0 Å². The van der Waals surface area contributed by atoms with E-state index < -0.39 is 0 Å². The van der Waals surface area contributed by atoms with Crippen LogP contribution in [-0.2, 0) is 6.54 Å². The number of rotatable bonds is 4. The molecular weight excluding hydrogens is 220 g/mol. The number of nitrogens with zero attached hydrogens (tertiary/aromatic N) is 1. The number of nitrogens with one attached hydrogen (secondary N) is 1. The van der Waals surface area contributed by atoms with Crippen molar-refractivity contribution in [2.75, 3.05) is 13.1 Å². The maximum Gasteiger partial charge on any atom is 0.0236 e. The van der Waals surface area contributed by atoms with Gasteiger partial charge >= 0.3 is 0 Å². The SMILES string of the molecule is Cc1ccccc1CN1CCC(NC(C)C)CC1. The van der Waals surface area contributed by atoms with Gasteiger partial charge in [-0.15, -0.1) is 0 Å². The third-order valence-electron chi connectivity index (χ3n) is 3.81. The Morgan fingerprint density at radius 1 is 1.22 bits per heavy atom. The van der Waals surface area contributed by atoms with E-state index in [2.05, 4.69) is 55.3 Å². The van der Waals surface area contributed by atoms with Crippen molar-refractivity contribution in [3.63, 3.8) is 0 Å². The van der Waals surface area contributed by atoms with E-state index in [4.69, 9.17) is 0 Å². The number of hydrogen-bond acceptors (Lipinski definition) is 2. The van der Waals surface area contributed by atoms with Crippen molar-refractivity contribution in [3.05, 3.63) is 35.4 Å². The highest BCUT2D eigenvalue weighted by Gasteiger charge is 2.19. The first-order valence-corrected chi connectivity index (χ1v) is 7.18. The van der Waals surface area contributed by atoms with Gasteiger partial charge in [-0.2, -0.15) is 0 Å². The molecule has 1 fully saturated rings. The van der Waals surface area contributed by atoms with E-state index in [1.54, 1.807) is 0 Å². The quantitative estimate of drug-likeness (QED) is 0.878. The van der Waals surface area contributed by atoms with E-state index in [-0.39, 0.29) is 0 Å². The van der Waals surface area contributed by atoms with Crippen LogP contribution in [0.15, 0.2) is 24.3 Å². The van der Waals surface area contributed by atoms with Crippen molar-refractivity contribution >= 4 is 0 Å². The first-order chi connectivity index (χ1) is 8.65. The minimum Gasteiger partial charge on any atom is -0.312 e. The standard InChI is InChI=1S/C16H26N2/c1-13(2)17-16-8-10-18(11-9-16)12-15-7-5-4-6-14(15)3/h4-7,13,16-17H,8-12H2,1-3H3. The number of hydrogen-bond donors (Lipinski definition) is 1. The summed E-state index contributed by atoms with van der Waals surface area (Å²) in [5.74, 6) is 0. The van der Waals surface area contributed by atoms with E-state index in [1.165, 1.54) is 37.1 Å². The van der Waals surface area contributed by atoms with Crippen LogP contribution in [0.1, 0.15) is 37.8 Å². The minimum absolute atomic E-state index is 0.609. The van der Waals surface area contributed by atoms with Gasteiger partial charge in [-0.25, -0.2) is 0 Å². The highest BCUT2D eigenvalue weighted by molar-refractivity contribution is 5.25. The van der Waals surface area contributed by atoms with Gasteiger partial charge in [-0.3, -0.25) is 4.90 Å². The lowest BCUT2D eigenvalue weighted by Crippen LogP contribution is -2.44. The van der Waals surface area contributed by atoms with Crippen molar-refractivity contribution < 1.29 is 0 Å². The first-order valence-electron chi connectivity index (χ1n) is 7.18. The highest BCUT2D eigenvalue weighted by atomic mass is 15.1. The number of aryl methyl sites for hydroxylation is 1. The summed E-state index contributed by atoms with van der Waals surface area (Å²) in [6, 6.07) is 10.1. The Labute approximate surface area is 111 Å². The maximum atomic E-state index is 3.65. The Bertz CT molecular complexity index is 365. The molecule has 0 atom stereocenters. The fraction of sp³-hybridized carbons (Fsp3) is 0.625. The molecule has 1 N–H and O–H groups in total. The van der Waals surface area contributed by atoms with Gasteiger partial charge in [-0.05, 0) is 44.0 Å². The van der Waals surface area contributed by atoms with E-state index in [9.17, 15) is 0 Å².